The van der Waals surface area contributed by atoms with E-state index in [0.717, 1.165) is 5.56 Å². The van der Waals surface area contributed by atoms with Crippen LogP contribution in [0.5, 0.6) is 0 Å². The second-order valence-corrected chi connectivity index (χ2v) is 5.03. The monoisotopic (exact) mass is 277 g/mol. The Bertz CT molecular complexity index is 432. The third kappa shape index (κ3) is 6.33. The van der Waals surface area contributed by atoms with Crippen LogP contribution in [0.15, 0.2) is 30.3 Å². The Hall–Kier alpha value is -1.88. The summed E-state index contributed by atoms with van der Waals surface area (Å²) in [5, 5.41) is 2.62. The molecule has 0 spiro atoms. The normalized spacial score (nSPS) is 11.8. The van der Waals surface area contributed by atoms with E-state index in [9.17, 15) is 9.59 Å². The summed E-state index contributed by atoms with van der Waals surface area (Å²) in [6, 6.07) is 9.73. The maximum atomic E-state index is 11.9. The minimum absolute atomic E-state index is 0.00259. The van der Waals surface area contributed by atoms with Gasteiger partial charge in [-0.15, -0.1) is 0 Å². The smallest absolute Gasteiger partial charge is 0.242 e. The lowest BCUT2D eigenvalue weighted by Gasteiger charge is -2.17. The highest BCUT2D eigenvalue weighted by Gasteiger charge is 2.11. The van der Waals surface area contributed by atoms with Gasteiger partial charge < -0.3 is 16.0 Å². The maximum absolute atomic E-state index is 11.9. The van der Waals surface area contributed by atoms with E-state index in [1.54, 1.807) is 11.9 Å². The van der Waals surface area contributed by atoms with Gasteiger partial charge in [0.2, 0.25) is 11.8 Å². The summed E-state index contributed by atoms with van der Waals surface area (Å²) in [5.41, 5.74) is 6.64. The van der Waals surface area contributed by atoms with Crippen molar-refractivity contribution in [2.24, 2.45) is 5.73 Å². The molecule has 2 amide bonds. The topological polar surface area (TPSA) is 75.4 Å². The molecule has 1 aromatic rings. The molecular formula is C15H23N3O2. The van der Waals surface area contributed by atoms with E-state index in [1.165, 1.54) is 0 Å². The Balaban J connectivity index is 2.30. The van der Waals surface area contributed by atoms with Crippen molar-refractivity contribution in [2.45, 2.75) is 32.4 Å². The number of hydrogen-bond donors (Lipinski definition) is 2. The number of amides is 2. The van der Waals surface area contributed by atoms with E-state index in [4.69, 9.17) is 5.73 Å². The van der Waals surface area contributed by atoms with Crippen molar-refractivity contribution in [1.82, 2.24) is 10.2 Å². The highest BCUT2D eigenvalue weighted by Crippen LogP contribution is 2.02. The van der Waals surface area contributed by atoms with Gasteiger partial charge in [0, 0.05) is 26.1 Å². The second kappa shape index (κ2) is 8.32. The minimum Gasteiger partial charge on any atom is -0.347 e. The lowest BCUT2D eigenvalue weighted by atomic mass is 10.2. The van der Waals surface area contributed by atoms with Gasteiger partial charge in [-0.2, -0.15) is 0 Å². The van der Waals surface area contributed by atoms with Gasteiger partial charge >= 0.3 is 0 Å². The molecule has 1 rings (SSSR count). The third-order valence-electron chi connectivity index (χ3n) is 2.95. The van der Waals surface area contributed by atoms with Crippen molar-refractivity contribution in [1.29, 1.82) is 0 Å². The maximum Gasteiger partial charge on any atom is 0.242 e. The molecule has 0 aliphatic rings. The Morgan fingerprint density at radius 1 is 1.30 bits per heavy atom. The Morgan fingerprint density at radius 3 is 2.55 bits per heavy atom. The standard InChI is InChI=1S/C15H23N3O2/c1-12(16)8-9-14(19)17-10-15(20)18(2)11-13-6-4-3-5-7-13/h3-7,12H,8-11,16H2,1-2H3,(H,17,19). The lowest BCUT2D eigenvalue weighted by molar-refractivity contribution is -0.132. The molecule has 5 heteroatoms. The first-order valence-electron chi connectivity index (χ1n) is 6.79. The van der Waals surface area contributed by atoms with Gasteiger partial charge in [-0.3, -0.25) is 9.59 Å². The van der Waals surface area contributed by atoms with Gasteiger partial charge in [-0.1, -0.05) is 30.3 Å². The number of rotatable bonds is 7. The van der Waals surface area contributed by atoms with Gasteiger partial charge in [-0.05, 0) is 18.9 Å². The van der Waals surface area contributed by atoms with Crippen LogP contribution in [0.1, 0.15) is 25.3 Å². The molecule has 0 bridgehead atoms. The quantitative estimate of drug-likeness (QED) is 0.777. The van der Waals surface area contributed by atoms with Crippen LogP contribution >= 0.6 is 0 Å². The number of nitrogens with zero attached hydrogens (tertiary/aromatic N) is 1. The third-order valence-corrected chi connectivity index (χ3v) is 2.95. The fourth-order valence-electron chi connectivity index (χ4n) is 1.70. The molecule has 1 unspecified atom stereocenters. The van der Waals surface area contributed by atoms with Crippen molar-refractivity contribution < 1.29 is 9.59 Å². The summed E-state index contributed by atoms with van der Waals surface area (Å²) in [5.74, 6) is -0.244. The molecule has 0 fully saturated rings. The first-order chi connectivity index (χ1) is 9.49. The summed E-state index contributed by atoms with van der Waals surface area (Å²) in [6.07, 6.45) is 0.979. The van der Waals surface area contributed by atoms with Crippen LogP contribution in [0.25, 0.3) is 0 Å². The SMILES string of the molecule is CC(N)CCC(=O)NCC(=O)N(C)Cc1ccccc1. The van der Waals surface area contributed by atoms with Crippen LogP contribution in [0.2, 0.25) is 0 Å². The molecule has 5 nitrogen and oxygen atoms in total. The molecule has 0 aromatic heterocycles. The summed E-state index contributed by atoms with van der Waals surface area (Å²) in [6.45, 7) is 2.42. The van der Waals surface area contributed by atoms with Crippen molar-refractivity contribution in [3.8, 4) is 0 Å². The molecule has 1 atom stereocenters. The van der Waals surface area contributed by atoms with Gasteiger partial charge in [0.25, 0.3) is 0 Å². The average Bonchev–Trinajstić information content (AvgIpc) is 2.43. The Kier molecular flexibility index (Phi) is 6.73. The number of nitrogens with two attached hydrogens (primary N) is 1. The van der Waals surface area contributed by atoms with Gasteiger partial charge in [0.05, 0.1) is 6.54 Å². The van der Waals surface area contributed by atoms with Crippen molar-refractivity contribution in [3.63, 3.8) is 0 Å². The fraction of sp³-hybridized carbons (Fsp3) is 0.467. The number of likely N-dealkylation sites (N-methyl/N-ethyl adjacent to an activating group) is 1. The minimum atomic E-state index is -0.135. The number of hydrogen-bond acceptors (Lipinski definition) is 3. The summed E-state index contributed by atoms with van der Waals surface area (Å²) >= 11 is 0. The zero-order valence-corrected chi connectivity index (χ0v) is 12.1. The van der Waals surface area contributed by atoms with Gasteiger partial charge in [-0.25, -0.2) is 0 Å². The van der Waals surface area contributed by atoms with Crippen LogP contribution < -0.4 is 11.1 Å². The van der Waals surface area contributed by atoms with E-state index in [2.05, 4.69) is 5.32 Å². The van der Waals surface area contributed by atoms with Crippen molar-refractivity contribution >= 4 is 11.8 Å². The molecule has 0 aliphatic heterocycles. The van der Waals surface area contributed by atoms with Gasteiger partial charge in [0.1, 0.15) is 0 Å². The van der Waals surface area contributed by atoms with Crippen LogP contribution in [0.4, 0.5) is 0 Å². The van der Waals surface area contributed by atoms with E-state index >= 15 is 0 Å². The van der Waals surface area contributed by atoms with E-state index < -0.39 is 0 Å². The molecule has 3 N–H and O–H groups in total. The number of carbonyl (C=O) groups is 2. The lowest BCUT2D eigenvalue weighted by Crippen LogP contribution is -2.38. The van der Waals surface area contributed by atoms with E-state index in [-0.39, 0.29) is 24.4 Å². The number of nitrogens with one attached hydrogen (secondary N) is 1. The predicted octanol–water partition coefficient (Wildman–Crippen LogP) is 0.889. The molecule has 1 aromatic carbocycles. The molecule has 0 saturated carbocycles. The molecule has 0 saturated heterocycles. The van der Waals surface area contributed by atoms with E-state index in [1.807, 2.05) is 37.3 Å². The molecule has 0 aliphatic carbocycles. The fourth-order valence-corrected chi connectivity index (χ4v) is 1.70. The molecule has 0 radical (unpaired) electrons. The van der Waals surface area contributed by atoms with Crippen molar-refractivity contribution in [2.75, 3.05) is 13.6 Å². The molecule has 20 heavy (non-hydrogen) atoms. The van der Waals surface area contributed by atoms with Crippen LogP contribution in [0.3, 0.4) is 0 Å². The molecular weight excluding hydrogens is 254 g/mol. The largest absolute Gasteiger partial charge is 0.347 e. The van der Waals surface area contributed by atoms with Crippen molar-refractivity contribution in [3.05, 3.63) is 35.9 Å². The van der Waals surface area contributed by atoms with E-state index in [0.29, 0.717) is 19.4 Å². The highest BCUT2D eigenvalue weighted by atomic mass is 16.2. The zero-order chi connectivity index (χ0) is 15.0. The molecule has 0 heterocycles. The second-order valence-electron chi connectivity index (χ2n) is 5.03. The first kappa shape index (κ1) is 16.2. The van der Waals surface area contributed by atoms with Crippen LogP contribution in [-0.4, -0.2) is 36.3 Å². The Morgan fingerprint density at radius 2 is 1.95 bits per heavy atom. The Labute approximate surface area is 120 Å². The predicted molar refractivity (Wildman–Crippen MR) is 78.8 cm³/mol. The number of carbonyl (C=O) groups excluding carboxylic acids is 2. The zero-order valence-electron chi connectivity index (χ0n) is 12.1. The van der Waals surface area contributed by atoms with Crippen LogP contribution in [-0.2, 0) is 16.1 Å². The average molecular weight is 277 g/mol. The summed E-state index contributed by atoms with van der Waals surface area (Å²) < 4.78 is 0. The van der Waals surface area contributed by atoms with Gasteiger partial charge in [0.15, 0.2) is 0 Å². The summed E-state index contributed by atoms with van der Waals surface area (Å²) in [7, 11) is 1.73. The summed E-state index contributed by atoms with van der Waals surface area (Å²) in [4.78, 5) is 25.0. The molecule has 110 valence electrons. The highest BCUT2D eigenvalue weighted by molar-refractivity contribution is 5.84. The van der Waals surface area contributed by atoms with Crippen LogP contribution in [0, 0.1) is 0 Å². The number of benzene rings is 1. The first-order valence-corrected chi connectivity index (χ1v) is 6.79.